The number of hydrogen-bond acceptors (Lipinski definition) is 7. The third-order valence-electron chi connectivity index (χ3n) is 6.87. The largest absolute Gasteiger partial charge is 0.433 e. The minimum atomic E-state index is -4.64. The molecular weight excluding hydrogens is 504 g/mol. The van der Waals surface area contributed by atoms with Crippen LogP contribution in [0.15, 0.2) is 30.7 Å². The number of carbonyl (C=O) groups is 1. The first-order valence-corrected chi connectivity index (χ1v) is 11.7. The molecule has 200 valence electrons. The zero-order valence-corrected chi connectivity index (χ0v) is 19.9. The molecule has 14 heteroatoms. The lowest BCUT2D eigenvalue weighted by atomic mass is 9.69. The number of fused-ring (bicyclic) bond motifs is 1. The number of carbonyl (C=O) groups excluding carboxylic acids is 1. The Morgan fingerprint density at radius 2 is 1.86 bits per heavy atom. The van der Waals surface area contributed by atoms with Gasteiger partial charge in [-0.3, -0.25) is 0 Å². The molecule has 8 nitrogen and oxygen atoms in total. The van der Waals surface area contributed by atoms with Crippen LogP contribution >= 0.6 is 0 Å². The van der Waals surface area contributed by atoms with Gasteiger partial charge in [0.05, 0.1) is 30.3 Å². The zero-order valence-electron chi connectivity index (χ0n) is 19.9. The zero-order chi connectivity index (χ0) is 26.8. The van der Waals surface area contributed by atoms with Gasteiger partial charge in [0.2, 0.25) is 0 Å². The molecule has 3 aromatic heterocycles. The molecule has 0 saturated carbocycles. The molecule has 0 aliphatic carbocycles. The molecule has 4 rings (SSSR count). The Morgan fingerprint density at radius 3 is 2.43 bits per heavy atom. The van der Waals surface area contributed by atoms with E-state index in [1.54, 1.807) is 6.92 Å². The first-order chi connectivity index (χ1) is 17.6. The summed E-state index contributed by atoms with van der Waals surface area (Å²) in [4.78, 5) is 25.6. The normalized spacial score (nSPS) is 16.8. The molecule has 0 spiro atoms. The molecule has 4 heterocycles. The van der Waals surface area contributed by atoms with Gasteiger partial charge in [-0.05, 0) is 31.4 Å². The van der Waals surface area contributed by atoms with Crippen LogP contribution in [0.3, 0.4) is 0 Å². The van der Waals surface area contributed by atoms with Crippen LogP contribution in [0.1, 0.15) is 38.3 Å². The highest BCUT2D eigenvalue weighted by atomic mass is 19.4. The van der Waals surface area contributed by atoms with Gasteiger partial charge in [-0.2, -0.15) is 18.3 Å². The van der Waals surface area contributed by atoms with Gasteiger partial charge in [0.15, 0.2) is 5.65 Å². The van der Waals surface area contributed by atoms with Crippen molar-refractivity contribution in [2.75, 3.05) is 23.1 Å². The van der Waals surface area contributed by atoms with Gasteiger partial charge in [-0.25, -0.2) is 33.5 Å². The number of nitrogens with zero attached hydrogens (tertiary/aromatic N) is 7. The number of aromatic nitrogens is 5. The van der Waals surface area contributed by atoms with Crippen molar-refractivity contribution in [2.45, 2.75) is 57.8 Å². The van der Waals surface area contributed by atoms with E-state index in [0.717, 1.165) is 29.3 Å². The average Bonchev–Trinajstić information content (AvgIpc) is 3.26. The van der Waals surface area contributed by atoms with Crippen molar-refractivity contribution in [1.82, 2.24) is 24.7 Å². The lowest BCUT2D eigenvalue weighted by Crippen LogP contribution is -2.51. The molecule has 1 atom stereocenters. The Morgan fingerprint density at radius 1 is 1.14 bits per heavy atom. The lowest BCUT2D eigenvalue weighted by Gasteiger charge is -2.47. The molecular formula is C23H25F6N7O. The Hall–Kier alpha value is -3.45. The number of aldehydes is 1. The summed E-state index contributed by atoms with van der Waals surface area (Å²) in [5.41, 5.74) is -1.45. The smallest absolute Gasteiger partial charge is 0.355 e. The van der Waals surface area contributed by atoms with Crippen LogP contribution < -0.4 is 10.0 Å². The number of hydrogen-bond donors (Lipinski definition) is 0. The quantitative estimate of drug-likeness (QED) is 0.223. The van der Waals surface area contributed by atoms with E-state index in [0.29, 0.717) is 48.8 Å². The molecule has 1 saturated heterocycles. The molecule has 0 amide bonds. The van der Waals surface area contributed by atoms with E-state index < -0.39 is 36.3 Å². The topological polar surface area (TPSA) is 80.0 Å². The van der Waals surface area contributed by atoms with Gasteiger partial charge >= 0.3 is 6.18 Å². The summed E-state index contributed by atoms with van der Waals surface area (Å²) in [6.45, 7) is 1.89. The second kappa shape index (κ2) is 10.5. The van der Waals surface area contributed by atoms with Crippen molar-refractivity contribution in [3.63, 3.8) is 0 Å². The molecule has 37 heavy (non-hydrogen) atoms. The molecule has 0 aromatic carbocycles. The Labute approximate surface area is 208 Å². The summed E-state index contributed by atoms with van der Waals surface area (Å²) in [6.07, 6.45) is -1.70. The van der Waals surface area contributed by atoms with Crippen LogP contribution in [0.4, 0.5) is 37.9 Å². The van der Waals surface area contributed by atoms with Crippen LogP contribution in [0.5, 0.6) is 0 Å². The van der Waals surface area contributed by atoms with Crippen LogP contribution in [-0.4, -0.2) is 56.6 Å². The highest BCUT2D eigenvalue weighted by molar-refractivity contribution is 5.71. The molecule has 0 N–H and O–H groups in total. The number of rotatable bonds is 9. The Bertz CT molecular complexity index is 1210. The first kappa shape index (κ1) is 26.6. The monoisotopic (exact) mass is 529 g/mol. The molecule has 0 bridgehead atoms. The Balaban J connectivity index is 1.54. The van der Waals surface area contributed by atoms with Gasteiger partial charge in [-0.1, -0.05) is 11.4 Å². The highest BCUT2D eigenvalue weighted by Crippen LogP contribution is 2.44. The Kier molecular flexibility index (Phi) is 7.55. The summed E-state index contributed by atoms with van der Waals surface area (Å²) >= 11 is 0. The van der Waals surface area contributed by atoms with E-state index in [4.69, 9.17) is 0 Å². The van der Waals surface area contributed by atoms with Crippen molar-refractivity contribution in [1.29, 1.82) is 0 Å². The van der Waals surface area contributed by atoms with Crippen LogP contribution in [-0.2, 0) is 17.5 Å². The second-order valence-corrected chi connectivity index (χ2v) is 9.01. The van der Waals surface area contributed by atoms with Crippen molar-refractivity contribution < 1.29 is 31.2 Å². The summed E-state index contributed by atoms with van der Waals surface area (Å²) in [5, 5.41) is 4.31. The number of piperidine rings is 1. The van der Waals surface area contributed by atoms with E-state index in [2.05, 4.69) is 20.1 Å². The van der Waals surface area contributed by atoms with Gasteiger partial charge in [0.1, 0.15) is 29.9 Å². The molecule has 1 aliphatic heterocycles. The van der Waals surface area contributed by atoms with Crippen LogP contribution in [0.2, 0.25) is 0 Å². The predicted octanol–water partition coefficient (Wildman–Crippen LogP) is 4.85. The van der Waals surface area contributed by atoms with E-state index in [9.17, 15) is 26.7 Å². The fourth-order valence-corrected chi connectivity index (χ4v) is 4.97. The molecule has 3 aromatic rings. The van der Waals surface area contributed by atoms with Crippen LogP contribution in [0.25, 0.3) is 11.2 Å². The van der Waals surface area contributed by atoms with E-state index in [1.165, 1.54) is 12.4 Å². The van der Waals surface area contributed by atoms with E-state index >= 15 is 4.48 Å². The highest BCUT2D eigenvalue weighted by Gasteiger charge is 2.44. The van der Waals surface area contributed by atoms with Crippen molar-refractivity contribution >= 4 is 29.0 Å². The molecule has 1 unspecified atom stereocenters. The fourth-order valence-electron chi connectivity index (χ4n) is 4.97. The van der Waals surface area contributed by atoms with Gasteiger partial charge < -0.3 is 9.69 Å². The number of anilines is 2. The third kappa shape index (κ3) is 5.47. The van der Waals surface area contributed by atoms with Crippen molar-refractivity contribution in [3.05, 3.63) is 36.4 Å². The lowest BCUT2D eigenvalue weighted by molar-refractivity contribution is -0.141. The third-order valence-corrected chi connectivity index (χ3v) is 6.87. The van der Waals surface area contributed by atoms with Crippen molar-refractivity contribution in [3.8, 4) is 0 Å². The number of halogens is 6. The minimum Gasteiger partial charge on any atom is -0.355 e. The number of pyridine rings is 1. The summed E-state index contributed by atoms with van der Waals surface area (Å²) in [5.74, 6) is 0.445. The standard InChI is InChI=1S/C23H25F6N7O/c1-2-18(36(29)15-3-4-17(31-11-15)23(26,27)28)22(7-10-37)5-8-34(9-6-22)20-13-30-16-12-32-35(14-19(24)25)21(16)33-20/h3-4,10-13,18-19H,2,5-9,14H2,1H3. The minimum absolute atomic E-state index is 0.0553. The molecule has 0 radical (unpaired) electrons. The summed E-state index contributed by atoms with van der Waals surface area (Å²) < 4.78 is 81.0. The maximum atomic E-state index is 15.6. The SMILES string of the molecule is CCC(N(F)c1ccc(C(F)(F)F)nc1)C1(CC=O)CCN(c2cnc3cnn(CC(F)F)c3n2)CC1. The molecule has 1 aliphatic rings. The van der Waals surface area contributed by atoms with Crippen molar-refractivity contribution in [2.24, 2.45) is 5.41 Å². The van der Waals surface area contributed by atoms with Gasteiger partial charge in [0.25, 0.3) is 6.43 Å². The maximum absolute atomic E-state index is 15.6. The van der Waals surface area contributed by atoms with E-state index in [1.807, 2.05) is 4.90 Å². The predicted molar refractivity (Wildman–Crippen MR) is 123 cm³/mol. The number of alkyl halides is 5. The first-order valence-electron chi connectivity index (χ1n) is 11.7. The average molecular weight is 529 g/mol. The van der Waals surface area contributed by atoms with Gasteiger partial charge in [-0.15, -0.1) is 0 Å². The van der Waals surface area contributed by atoms with E-state index in [-0.39, 0.29) is 17.8 Å². The van der Waals surface area contributed by atoms with Crippen LogP contribution in [0, 0.1) is 5.41 Å². The fraction of sp³-hybridized carbons (Fsp3) is 0.522. The summed E-state index contributed by atoms with van der Waals surface area (Å²) in [7, 11) is 0. The maximum Gasteiger partial charge on any atom is 0.433 e. The van der Waals surface area contributed by atoms with Gasteiger partial charge in [0, 0.05) is 24.9 Å². The molecule has 1 fully saturated rings. The summed E-state index contributed by atoms with van der Waals surface area (Å²) in [6, 6.07) is 0.951. The second-order valence-electron chi connectivity index (χ2n) is 9.01.